The second-order valence-electron chi connectivity index (χ2n) is 29.5. The molecule has 0 amide bonds. The number of hydrogen-bond acceptors (Lipinski definition) is 8. The number of ether oxygens (including phenoxy) is 2. The highest BCUT2D eigenvalue weighted by molar-refractivity contribution is 7.45. The van der Waals surface area contributed by atoms with Gasteiger partial charge in [0.05, 0.1) is 27.7 Å². The molecule has 0 rings (SSSR count). The first kappa shape index (κ1) is 89.0. The van der Waals surface area contributed by atoms with E-state index in [1.165, 1.54) is 385 Å². The molecule has 0 saturated carbocycles. The van der Waals surface area contributed by atoms with Crippen LogP contribution in [0.3, 0.4) is 0 Å². The molecule has 0 aliphatic heterocycles. The number of carbonyl (C=O) groups excluding carboxylic acids is 2. The largest absolute Gasteiger partial charge is 0.756 e. The average Bonchev–Trinajstić information content (AvgIpc) is 3.62. The van der Waals surface area contributed by atoms with Crippen LogP contribution < -0.4 is 4.89 Å². The van der Waals surface area contributed by atoms with Gasteiger partial charge >= 0.3 is 11.9 Å². The second kappa shape index (κ2) is 72.3. The van der Waals surface area contributed by atoms with E-state index < -0.39 is 26.5 Å². The Balaban J connectivity index is 3.83. The molecule has 0 bridgehead atoms. The van der Waals surface area contributed by atoms with Crippen LogP contribution in [-0.2, 0) is 32.7 Å². The van der Waals surface area contributed by atoms with E-state index in [1.807, 2.05) is 21.1 Å². The second-order valence-corrected chi connectivity index (χ2v) is 30.9. The Morgan fingerprint density at radius 2 is 0.500 bits per heavy atom. The summed E-state index contributed by atoms with van der Waals surface area (Å²) in [6.07, 6.45) is 89.7. The number of phosphoric acid groups is 1. The van der Waals surface area contributed by atoms with Crippen molar-refractivity contribution in [3.63, 3.8) is 0 Å². The predicted molar refractivity (Wildman–Crippen MR) is 389 cm³/mol. The van der Waals surface area contributed by atoms with Gasteiger partial charge < -0.3 is 27.9 Å². The number of esters is 2. The normalized spacial score (nSPS) is 12.9. The maximum absolute atomic E-state index is 12.9. The lowest BCUT2D eigenvalue weighted by Crippen LogP contribution is -2.37. The molecular weight excluding hydrogens is 1130 g/mol. The molecule has 538 valence electrons. The van der Waals surface area contributed by atoms with E-state index in [0.29, 0.717) is 17.4 Å². The molecule has 2 atom stereocenters. The number of quaternary nitrogens is 1. The van der Waals surface area contributed by atoms with Crippen molar-refractivity contribution in [3.05, 3.63) is 0 Å². The molecule has 0 aromatic rings. The van der Waals surface area contributed by atoms with Gasteiger partial charge in [-0.25, -0.2) is 0 Å². The van der Waals surface area contributed by atoms with Gasteiger partial charge in [-0.1, -0.05) is 425 Å². The first-order valence-electron chi connectivity index (χ1n) is 40.7. The highest BCUT2D eigenvalue weighted by Gasteiger charge is 2.22. The van der Waals surface area contributed by atoms with Gasteiger partial charge in [0.2, 0.25) is 0 Å². The van der Waals surface area contributed by atoms with Crippen LogP contribution >= 0.6 is 7.82 Å². The first-order chi connectivity index (χ1) is 44.0. The Morgan fingerprint density at radius 3 is 0.711 bits per heavy atom. The predicted octanol–water partition coefficient (Wildman–Crippen LogP) is 26.2. The van der Waals surface area contributed by atoms with Gasteiger partial charge in [-0.2, -0.15) is 0 Å². The van der Waals surface area contributed by atoms with Crippen molar-refractivity contribution in [2.75, 3.05) is 47.5 Å². The minimum atomic E-state index is -4.64. The molecule has 0 aromatic carbocycles. The molecule has 0 spiro atoms. The van der Waals surface area contributed by atoms with Crippen LogP contribution in [0.1, 0.15) is 450 Å². The highest BCUT2D eigenvalue weighted by Crippen LogP contribution is 2.38. The first-order valence-corrected chi connectivity index (χ1v) is 42.2. The number of unbranched alkanes of at least 4 members (excludes halogenated alkanes) is 64. The van der Waals surface area contributed by atoms with Crippen LogP contribution in [0.4, 0.5) is 0 Å². The molecule has 10 heteroatoms. The van der Waals surface area contributed by atoms with Gasteiger partial charge in [0.25, 0.3) is 7.82 Å². The molecule has 2 unspecified atom stereocenters. The number of nitrogens with zero attached hydrogens (tertiary/aromatic N) is 1. The summed E-state index contributed by atoms with van der Waals surface area (Å²) in [5.41, 5.74) is 0. The molecule has 0 aliphatic carbocycles. The summed E-state index contributed by atoms with van der Waals surface area (Å²) in [6.45, 7) is 4.35. The fraction of sp³-hybridized carbons (Fsp3) is 0.975. The zero-order valence-corrected chi connectivity index (χ0v) is 62.5. The lowest BCUT2D eigenvalue weighted by atomic mass is 10.0. The van der Waals surface area contributed by atoms with Gasteiger partial charge in [0.1, 0.15) is 19.8 Å². The lowest BCUT2D eigenvalue weighted by molar-refractivity contribution is -0.870. The van der Waals surface area contributed by atoms with Crippen LogP contribution in [0.2, 0.25) is 0 Å². The maximum Gasteiger partial charge on any atom is 0.306 e. The van der Waals surface area contributed by atoms with Crippen LogP contribution in [-0.4, -0.2) is 70.0 Å². The van der Waals surface area contributed by atoms with E-state index in [0.717, 1.165) is 32.1 Å². The van der Waals surface area contributed by atoms with Gasteiger partial charge in [0.15, 0.2) is 6.10 Å². The number of carbonyl (C=O) groups is 2. The number of rotatable bonds is 78. The Kier molecular flexibility index (Phi) is 71.5. The molecule has 0 aliphatic rings. The Labute approximate surface area is 563 Å². The fourth-order valence-corrected chi connectivity index (χ4v) is 13.6. The van der Waals surface area contributed by atoms with Crippen molar-refractivity contribution >= 4 is 19.8 Å². The third-order valence-electron chi connectivity index (χ3n) is 19.1. The molecule has 0 fully saturated rings. The molecular formula is C80H160NO8P. The van der Waals surface area contributed by atoms with Crippen LogP contribution in [0, 0.1) is 0 Å². The quantitative estimate of drug-likeness (QED) is 0.0256. The topological polar surface area (TPSA) is 111 Å². The van der Waals surface area contributed by atoms with Gasteiger partial charge in [0, 0.05) is 12.8 Å². The zero-order chi connectivity index (χ0) is 65.5. The van der Waals surface area contributed by atoms with E-state index in [1.54, 1.807) is 0 Å². The molecule has 0 aromatic heterocycles. The SMILES string of the molecule is CCCCCCCCCCCCCCCCCCCCCCCCCCCCCCCCCCCCCCCCCCCC(=O)OC(COC(=O)CCCCCCCCCCCCCCCCCCCCCCCCCCC)COP(=O)([O-])OCC[N+](C)(C)C. The van der Waals surface area contributed by atoms with Crippen molar-refractivity contribution in [1.82, 2.24) is 0 Å². The minimum absolute atomic E-state index is 0.0247. The smallest absolute Gasteiger partial charge is 0.306 e. The molecule has 90 heavy (non-hydrogen) atoms. The van der Waals surface area contributed by atoms with Crippen molar-refractivity contribution in [1.29, 1.82) is 0 Å². The van der Waals surface area contributed by atoms with Crippen LogP contribution in [0.25, 0.3) is 0 Å². The van der Waals surface area contributed by atoms with E-state index in [2.05, 4.69) is 13.8 Å². The molecule has 0 N–H and O–H groups in total. The van der Waals surface area contributed by atoms with Gasteiger partial charge in [-0.05, 0) is 12.8 Å². The third-order valence-corrected chi connectivity index (χ3v) is 20.1. The highest BCUT2D eigenvalue weighted by atomic mass is 31.2. The fourth-order valence-electron chi connectivity index (χ4n) is 12.9. The number of hydrogen-bond donors (Lipinski definition) is 0. The molecule has 0 radical (unpaired) electrons. The molecule has 0 heterocycles. The van der Waals surface area contributed by atoms with Crippen LogP contribution in [0.15, 0.2) is 0 Å². The minimum Gasteiger partial charge on any atom is -0.756 e. The van der Waals surface area contributed by atoms with Crippen molar-refractivity contribution < 1.29 is 42.1 Å². The molecule has 0 saturated heterocycles. The summed E-state index contributed by atoms with van der Waals surface area (Å²) in [7, 11) is 1.20. The van der Waals surface area contributed by atoms with E-state index in [4.69, 9.17) is 18.5 Å². The average molecular weight is 1300 g/mol. The summed E-state index contributed by atoms with van der Waals surface area (Å²) in [5, 5.41) is 0. The third kappa shape index (κ3) is 76.0. The maximum atomic E-state index is 12.9. The summed E-state index contributed by atoms with van der Waals surface area (Å²) >= 11 is 0. The summed E-state index contributed by atoms with van der Waals surface area (Å²) in [5.74, 6) is -0.801. The number of phosphoric ester groups is 1. The number of likely N-dealkylation sites (N-methyl/N-ethyl adjacent to an activating group) is 1. The monoisotopic (exact) mass is 1290 g/mol. The van der Waals surface area contributed by atoms with Crippen molar-refractivity contribution in [3.8, 4) is 0 Å². The summed E-state index contributed by atoms with van der Waals surface area (Å²) < 4.78 is 34.4. The summed E-state index contributed by atoms with van der Waals surface area (Å²) in [6, 6.07) is 0. The van der Waals surface area contributed by atoms with E-state index >= 15 is 0 Å². The standard InChI is InChI=1S/C80H160NO8P/c1-6-8-10-12-14-16-18-20-22-24-26-28-30-32-33-34-35-36-37-38-39-40-41-42-43-44-45-46-47-49-51-53-55-57-59-61-63-65-67-69-71-73-80(83)89-78(77-88-90(84,85)87-75-74-81(3,4)5)76-86-79(82)72-70-68-66-64-62-60-58-56-54-52-50-48-31-29-27-25-23-21-19-17-15-13-11-9-7-2/h78H,6-77H2,1-5H3. The molecule has 9 nitrogen and oxygen atoms in total. The van der Waals surface area contributed by atoms with Crippen molar-refractivity contribution in [2.24, 2.45) is 0 Å². The van der Waals surface area contributed by atoms with E-state index in [-0.39, 0.29) is 32.0 Å². The Bertz CT molecular complexity index is 1470. The van der Waals surface area contributed by atoms with Crippen LogP contribution in [0.5, 0.6) is 0 Å². The van der Waals surface area contributed by atoms with Gasteiger partial charge in [-0.3, -0.25) is 14.2 Å². The van der Waals surface area contributed by atoms with Crippen molar-refractivity contribution in [2.45, 2.75) is 457 Å². The van der Waals surface area contributed by atoms with E-state index in [9.17, 15) is 19.0 Å². The Morgan fingerprint density at radius 1 is 0.300 bits per heavy atom. The lowest BCUT2D eigenvalue weighted by Gasteiger charge is -2.28. The van der Waals surface area contributed by atoms with Gasteiger partial charge in [-0.15, -0.1) is 0 Å². The zero-order valence-electron chi connectivity index (χ0n) is 61.6. The Hall–Kier alpha value is -0.990. The summed E-state index contributed by atoms with van der Waals surface area (Å²) in [4.78, 5) is 38.1.